The summed E-state index contributed by atoms with van der Waals surface area (Å²) in [6, 6.07) is 3.81. The highest BCUT2D eigenvalue weighted by Crippen LogP contribution is 2.32. The zero-order valence-corrected chi connectivity index (χ0v) is 12.8. The van der Waals surface area contributed by atoms with Crippen LogP contribution in [-0.4, -0.2) is 9.97 Å². The number of nitrogens with one attached hydrogen (secondary N) is 1. The third-order valence-electron chi connectivity index (χ3n) is 2.17. The zero-order chi connectivity index (χ0) is 12.4. The number of hydrogen-bond donors (Lipinski definition) is 1. The number of aromatic nitrogens is 2. The molecular formula is C11H8Br2ClN3. The molecular weight excluding hydrogens is 369 g/mol. The Balaban J connectivity index is 2.37. The molecule has 6 heteroatoms. The van der Waals surface area contributed by atoms with Crippen LogP contribution in [0.3, 0.4) is 0 Å². The van der Waals surface area contributed by atoms with E-state index in [1.54, 1.807) is 6.20 Å². The van der Waals surface area contributed by atoms with Crippen molar-refractivity contribution in [1.82, 2.24) is 9.97 Å². The predicted octanol–water partition coefficient (Wildman–Crippen LogP) is 4.71. The van der Waals surface area contributed by atoms with E-state index >= 15 is 0 Å². The molecule has 0 amide bonds. The van der Waals surface area contributed by atoms with Crippen LogP contribution in [-0.2, 0) is 0 Å². The second-order valence-corrected chi connectivity index (χ2v) is 5.54. The van der Waals surface area contributed by atoms with E-state index in [-0.39, 0.29) is 0 Å². The Bertz CT molecular complexity index is 560. The molecule has 0 aliphatic rings. The molecule has 0 aliphatic heterocycles. The fourth-order valence-corrected chi connectivity index (χ4v) is 2.31. The Morgan fingerprint density at radius 1 is 1.24 bits per heavy atom. The van der Waals surface area contributed by atoms with Gasteiger partial charge in [-0.1, -0.05) is 11.6 Å². The maximum Gasteiger partial charge on any atom is 0.148 e. The molecule has 0 radical (unpaired) electrons. The largest absolute Gasteiger partial charge is 0.338 e. The Hall–Kier alpha value is -0.650. The highest BCUT2D eigenvalue weighted by Gasteiger charge is 2.07. The van der Waals surface area contributed by atoms with E-state index in [1.807, 2.05) is 19.1 Å². The molecule has 1 aromatic heterocycles. The SMILES string of the molecule is Cc1cc(Br)c(Nc2ncncc2Br)cc1Cl. The molecule has 1 N–H and O–H groups in total. The number of nitrogens with zero attached hydrogens (tertiary/aromatic N) is 2. The lowest BCUT2D eigenvalue weighted by Crippen LogP contribution is -1.96. The van der Waals surface area contributed by atoms with Crippen LogP contribution in [0, 0.1) is 6.92 Å². The van der Waals surface area contributed by atoms with Crippen LogP contribution >= 0.6 is 43.5 Å². The number of anilines is 2. The van der Waals surface area contributed by atoms with Crippen LogP contribution in [0.4, 0.5) is 11.5 Å². The minimum atomic E-state index is 0.695. The lowest BCUT2D eigenvalue weighted by atomic mass is 10.2. The van der Waals surface area contributed by atoms with Gasteiger partial charge in [0.1, 0.15) is 12.1 Å². The molecule has 3 nitrogen and oxygen atoms in total. The Kier molecular flexibility index (Phi) is 4.01. The normalized spacial score (nSPS) is 10.4. The van der Waals surface area contributed by atoms with E-state index in [4.69, 9.17) is 11.6 Å². The molecule has 0 spiro atoms. The Morgan fingerprint density at radius 2 is 2.00 bits per heavy atom. The summed E-state index contributed by atoms with van der Waals surface area (Å²) in [5.74, 6) is 0.695. The van der Waals surface area contributed by atoms with Gasteiger partial charge in [-0.15, -0.1) is 0 Å². The average Bonchev–Trinajstić information content (AvgIpc) is 2.29. The summed E-state index contributed by atoms with van der Waals surface area (Å²) in [6.07, 6.45) is 3.16. The van der Waals surface area contributed by atoms with E-state index in [0.717, 1.165) is 20.2 Å². The van der Waals surface area contributed by atoms with Crippen LogP contribution < -0.4 is 5.32 Å². The molecule has 0 unspecified atom stereocenters. The first-order valence-corrected chi connectivity index (χ1v) is 6.72. The van der Waals surface area contributed by atoms with E-state index in [9.17, 15) is 0 Å². The molecule has 0 bridgehead atoms. The highest BCUT2D eigenvalue weighted by molar-refractivity contribution is 9.11. The number of aryl methyl sites for hydroxylation is 1. The van der Waals surface area contributed by atoms with Gasteiger partial charge in [0.15, 0.2) is 0 Å². The summed E-state index contributed by atoms with van der Waals surface area (Å²) < 4.78 is 1.73. The van der Waals surface area contributed by atoms with Gasteiger partial charge in [-0.25, -0.2) is 9.97 Å². The summed E-state index contributed by atoms with van der Waals surface area (Å²) in [5.41, 5.74) is 1.88. The molecule has 2 aromatic rings. The second kappa shape index (κ2) is 5.33. The van der Waals surface area contributed by atoms with Crippen LogP contribution in [0.5, 0.6) is 0 Å². The van der Waals surface area contributed by atoms with Crippen molar-refractivity contribution in [3.05, 3.63) is 44.2 Å². The molecule has 2 rings (SSSR count). The number of benzene rings is 1. The lowest BCUT2D eigenvalue weighted by molar-refractivity contribution is 1.15. The molecule has 0 saturated carbocycles. The summed E-state index contributed by atoms with van der Waals surface area (Å²) in [7, 11) is 0. The maximum absolute atomic E-state index is 6.09. The first kappa shape index (κ1) is 12.8. The lowest BCUT2D eigenvalue weighted by Gasteiger charge is -2.10. The van der Waals surface area contributed by atoms with E-state index < -0.39 is 0 Å². The predicted molar refractivity (Wildman–Crippen MR) is 76.9 cm³/mol. The third-order valence-corrected chi connectivity index (χ3v) is 3.81. The number of rotatable bonds is 2. The molecule has 0 fully saturated rings. The van der Waals surface area contributed by atoms with Gasteiger partial charge < -0.3 is 5.32 Å². The van der Waals surface area contributed by atoms with Crippen LogP contribution in [0.15, 0.2) is 33.6 Å². The van der Waals surface area contributed by atoms with Crippen molar-refractivity contribution in [1.29, 1.82) is 0 Å². The van der Waals surface area contributed by atoms with Crippen molar-refractivity contribution in [2.45, 2.75) is 6.92 Å². The fourth-order valence-electron chi connectivity index (χ4n) is 1.27. The standard InChI is InChI=1S/C11H8Br2ClN3/c1-6-2-7(12)10(3-9(6)14)17-11-8(13)4-15-5-16-11/h2-5H,1H3,(H,15,16,17). The Labute approximate surface area is 121 Å². The topological polar surface area (TPSA) is 37.8 Å². The van der Waals surface area contributed by atoms with E-state index in [1.165, 1.54) is 6.33 Å². The average molecular weight is 377 g/mol. The summed E-state index contributed by atoms with van der Waals surface area (Å²) in [6.45, 7) is 1.96. The quantitative estimate of drug-likeness (QED) is 0.824. The monoisotopic (exact) mass is 375 g/mol. The summed E-state index contributed by atoms with van der Waals surface area (Å²) in [5, 5.41) is 3.89. The molecule has 0 atom stereocenters. The Morgan fingerprint density at radius 3 is 2.71 bits per heavy atom. The van der Waals surface area contributed by atoms with Gasteiger partial charge >= 0.3 is 0 Å². The van der Waals surface area contributed by atoms with Gasteiger partial charge in [0, 0.05) is 15.7 Å². The molecule has 1 heterocycles. The first-order chi connectivity index (χ1) is 8.08. The van der Waals surface area contributed by atoms with Crippen molar-refractivity contribution in [2.24, 2.45) is 0 Å². The minimum Gasteiger partial charge on any atom is -0.338 e. The van der Waals surface area contributed by atoms with Crippen molar-refractivity contribution in [3.63, 3.8) is 0 Å². The summed E-state index contributed by atoms with van der Waals surface area (Å²) >= 11 is 12.9. The van der Waals surface area contributed by atoms with Crippen LogP contribution in [0.1, 0.15) is 5.56 Å². The number of hydrogen-bond acceptors (Lipinski definition) is 3. The third kappa shape index (κ3) is 2.97. The van der Waals surface area contributed by atoms with Gasteiger partial charge in [0.05, 0.1) is 10.2 Å². The maximum atomic E-state index is 6.09. The van der Waals surface area contributed by atoms with E-state index in [2.05, 4.69) is 47.1 Å². The van der Waals surface area contributed by atoms with Gasteiger partial charge in [0.2, 0.25) is 0 Å². The van der Waals surface area contributed by atoms with Gasteiger partial charge in [-0.05, 0) is 56.5 Å². The van der Waals surface area contributed by atoms with Crippen LogP contribution in [0.25, 0.3) is 0 Å². The van der Waals surface area contributed by atoms with E-state index in [0.29, 0.717) is 10.8 Å². The van der Waals surface area contributed by atoms with Gasteiger partial charge in [0.25, 0.3) is 0 Å². The number of halogens is 3. The smallest absolute Gasteiger partial charge is 0.148 e. The van der Waals surface area contributed by atoms with Crippen molar-refractivity contribution >= 4 is 55.0 Å². The minimum absolute atomic E-state index is 0.695. The molecule has 0 saturated heterocycles. The molecule has 0 aliphatic carbocycles. The fraction of sp³-hybridized carbons (Fsp3) is 0.0909. The van der Waals surface area contributed by atoms with Crippen molar-refractivity contribution < 1.29 is 0 Å². The molecule has 88 valence electrons. The highest BCUT2D eigenvalue weighted by atomic mass is 79.9. The van der Waals surface area contributed by atoms with Crippen molar-refractivity contribution in [2.75, 3.05) is 5.32 Å². The van der Waals surface area contributed by atoms with Gasteiger partial charge in [-0.3, -0.25) is 0 Å². The summed E-state index contributed by atoms with van der Waals surface area (Å²) in [4.78, 5) is 8.04. The second-order valence-electron chi connectivity index (χ2n) is 3.43. The van der Waals surface area contributed by atoms with Crippen molar-refractivity contribution in [3.8, 4) is 0 Å². The molecule has 17 heavy (non-hydrogen) atoms. The zero-order valence-electron chi connectivity index (χ0n) is 8.84. The molecule has 1 aromatic carbocycles. The first-order valence-electron chi connectivity index (χ1n) is 4.76. The van der Waals surface area contributed by atoms with Crippen LogP contribution in [0.2, 0.25) is 5.02 Å². The van der Waals surface area contributed by atoms with Gasteiger partial charge in [-0.2, -0.15) is 0 Å².